The fourth-order valence-corrected chi connectivity index (χ4v) is 2.55. The number of hydrogen-bond acceptors (Lipinski definition) is 1. The van der Waals surface area contributed by atoms with Crippen molar-refractivity contribution in [2.45, 2.75) is 12.7 Å². The molecule has 0 aliphatic carbocycles. The van der Waals surface area contributed by atoms with E-state index in [2.05, 4.69) is 20.9 Å². The van der Waals surface area contributed by atoms with Crippen molar-refractivity contribution >= 4 is 15.9 Å². The Bertz CT molecular complexity index is 793. The lowest BCUT2D eigenvalue weighted by atomic mass is 10.2. The standard InChI is InChI=1S/C17H12BrF3N2/c18-14-8-6-13(7-9-14)16-22-15(17(19,20)21)11-23(16)10-12-4-2-1-3-5-12/h1-9,11H,10H2. The van der Waals surface area contributed by atoms with E-state index >= 15 is 0 Å². The SMILES string of the molecule is FC(F)(F)c1cn(Cc2ccccc2)c(-c2ccc(Br)cc2)n1. The first-order valence-electron chi connectivity index (χ1n) is 6.88. The van der Waals surface area contributed by atoms with Gasteiger partial charge < -0.3 is 4.57 Å². The molecule has 0 N–H and O–H groups in total. The van der Waals surface area contributed by atoms with E-state index < -0.39 is 11.9 Å². The molecule has 0 spiro atoms. The van der Waals surface area contributed by atoms with E-state index in [9.17, 15) is 13.2 Å². The fourth-order valence-electron chi connectivity index (χ4n) is 2.28. The van der Waals surface area contributed by atoms with Crippen LogP contribution in [0.5, 0.6) is 0 Å². The van der Waals surface area contributed by atoms with Crippen LogP contribution in [-0.4, -0.2) is 9.55 Å². The van der Waals surface area contributed by atoms with Gasteiger partial charge in [0.2, 0.25) is 0 Å². The second-order valence-electron chi connectivity index (χ2n) is 5.07. The molecule has 0 fully saturated rings. The predicted molar refractivity (Wildman–Crippen MR) is 85.9 cm³/mol. The maximum absolute atomic E-state index is 13.0. The van der Waals surface area contributed by atoms with Crippen LogP contribution in [0, 0.1) is 0 Å². The Balaban J connectivity index is 2.05. The van der Waals surface area contributed by atoms with Crippen LogP contribution in [0.3, 0.4) is 0 Å². The maximum atomic E-state index is 13.0. The second-order valence-corrected chi connectivity index (χ2v) is 5.98. The van der Waals surface area contributed by atoms with Crippen molar-refractivity contribution in [1.82, 2.24) is 9.55 Å². The molecule has 0 bridgehead atoms. The smallest absolute Gasteiger partial charge is 0.326 e. The summed E-state index contributed by atoms with van der Waals surface area (Å²) in [6.45, 7) is 0.329. The van der Waals surface area contributed by atoms with Crippen LogP contribution in [0.15, 0.2) is 65.3 Å². The molecule has 3 aromatic rings. The van der Waals surface area contributed by atoms with Crippen LogP contribution in [0.4, 0.5) is 13.2 Å². The summed E-state index contributed by atoms with van der Waals surface area (Å²) in [4.78, 5) is 3.80. The minimum atomic E-state index is -4.47. The Labute approximate surface area is 139 Å². The molecule has 2 nitrogen and oxygen atoms in total. The summed E-state index contributed by atoms with van der Waals surface area (Å²) in [6.07, 6.45) is -3.41. The molecule has 6 heteroatoms. The van der Waals surface area contributed by atoms with E-state index in [1.54, 1.807) is 24.3 Å². The van der Waals surface area contributed by atoms with E-state index in [-0.39, 0.29) is 0 Å². The van der Waals surface area contributed by atoms with Gasteiger partial charge in [0, 0.05) is 22.8 Å². The highest BCUT2D eigenvalue weighted by Crippen LogP contribution is 2.31. The molecule has 0 radical (unpaired) electrons. The van der Waals surface area contributed by atoms with E-state index in [0.717, 1.165) is 16.2 Å². The molecule has 118 valence electrons. The average Bonchev–Trinajstić information content (AvgIpc) is 2.93. The Morgan fingerprint density at radius 1 is 0.957 bits per heavy atom. The van der Waals surface area contributed by atoms with E-state index in [0.29, 0.717) is 17.9 Å². The molecule has 0 unspecified atom stereocenters. The van der Waals surface area contributed by atoms with Gasteiger partial charge in [-0.15, -0.1) is 0 Å². The Hall–Kier alpha value is -2.08. The first-order valence-corrected chi connectivity index (χ1v) is 7.67. The highest BCUT2D eigenvalue weighted by molar-refractivity contribution is 9.10. The minimum absolute atomic E-state index is 0.300. The number of imidazole rings is 1. The molecule has 0 saturated heterocycles. The van der Waals surface area contributed by atoms with Crippen molar-refractivity contribution in [3.8, 4) is 11.4 Å². The minimum Gasteiger partial charge on any atom is -0.326 e. The Kier molecular flexibility index (Phi) is 4.26. The lowest BCUT2D eigenvalue weighted by Gasteiger charge is -2.08. The number of rotatable bonds is 3. The molecule has 1 aromatic heterocycles. The number of aromatic nitrogens is 2. The molecule has 0 aliphatic heterocycles. The molecular formula is C17H12BrF3N2. The van der Waals surface area contributed by atoms with Crippen molar-refractivity contribution in [2.75, 3.05) is 0 Å². The van der Waals surface area contributed by atoms with Gasteiger partial charge in [0.25, 0.3) is 0 Å². The van der Waals surface area contributed by atoms with Gasteiger partial charge in [-0.05, 0) is 17.7 Å². The van der Waals surface area contributed by atoms with Crippen molar-refractivity contribution in [1.29, 1.82) is 0 Å². The number of nitrogens with zero attached hydrogens (tertiary/aromatic N) is 2. The van der Waals surface area contributed by atoms with Crippen molar-refractivity contribution in [2.24, 2.45) is 0 Å². The maximum Gasteiger partial charge on any atom is 0.434 e. The molecule has 2 aromatic carbocycles. The zero-order valence-electron chi connectivity index (χ0n) is 11.9. The van der Waals surface area contributed by atoms with Crippen molar-refractivity contribution < 1.29 is 13.2 Å². The summed E-state index contributed by atoms with van der Waals surface area (Å²) in [5.41, 5.74) is 0.669. The second kappa shape index (κ2) is 6.20. The van der Waals surface area contributed by atoms with Crippen molar-refractivity contribution in [3.05, 3.63) is 76.5 Å². The first kappa shape index (κ1) is 15.8. The highest BCUT2D eigenvalue weighted by atomic mass is 79.9. The van der Waals surface area contributed by atoms with Gasteiger partial charge in [0.15, 0.2) is 5.69 Å². The van der Waals surface area contributed by atoms with Crippen LogP contribution in [0.1, 0.15) is 11.3 Å². The van der Waals surface area contributed by atoms with E-state index in [4.69, 9.17) is 0 Å². The third-order valence-corrected chi connectivity index (χ3v) is 3.89. The molecular weight excluding hydrogens is 369 g/mol. The topological polar surface area (TPSA) is 17.8 Å². The summed E-state index contributed by atoms with van der Waals surface area (Å²) >= 11 is 3.32. The summed E-state index contributed by atoms with van der Waals surface area (Å²) in [5, 5.41) is 0. The number of halogens is 4. The normalized spacial score (nSPS) is 11.7. The zero-order chi connectivity index (χ0) is 16.4. The van der Waals surface area contributed by atoms with Crippen molar-refractivity contribution in [3.63, 3.8) is 0 Å². The summed E-state index contributed by atoms with van der Waals surface area (Å²) in [7, 11) is 0. The largest absolute Gasteiger partial charge is 0.434 e. The van der Waals surface area contributed by atoms with Gasteiger partial charge >= 0.3 is 6.18 Å². The molecule has 0 saturated carbocycles. The molecule has 3 rings (SSSR count). The number of benzene rings is 2. The molecule has 1 heterocycles. The lowest BCUT2D eigenvalue weighted by molar-refractivity contribution is -0.140. The van der Waals surface area contributed by atoms with E-state index in [1.807, 2.05) is 30.3 Å². The van der Waals surface area contributed by atoms with Gasteiger partial charge in [-0.3, -0.25) is 0 Å². The number of hydrogen-bond donors (Lipinski definition) is 0. The fraction of sp³-hybridized carbons (Fsp3) is 0.118. The summed E-state index contributed by atoms with van der Waals surface area (Å²) in [5.74, 6) is 0.300. The third kappa shape index (κ3) is 3.64. The van der Waals surface area contributed by atoms with Gasteiger partial charge in [-0.25, -0.2) is 4.98 Å². The van der Waals surface area contributed by atoms with Crippen LogP contribution < -0.4 is 0 Å². The lowest BCUT2D eigenvalue weighted by Crippen LogP contribution is -2.05. The quantitative estimate of drug-likeness (QED) is 0.596. The van der Waals surface area contributed by atoms with Crippen LogP contribution >= 0.6 is 15.9 Å². The highest BCUT2D eigenvalue weighted by Gasteiger charge is 2.34. The van der Waals surface area contributed by atoms with Gasteiger partial charge in [0.1, 0.15) is 5.82 Å². The van der Waals surface area contributed by atoms with E-state index in [1.165, 1.54) is 4.57 Å². The van der Waals surface area contributed by atoms with Gasteiger partial charge in [-0.2, -0.15) is 13.2 Å². The monoisotopic (exact) mass is 380 g/mol. The Morgan fingerprint density at radius 2 is 1.61 bits per heavy atom. The Morgan fingerprint density at radius 3 is 2.22 bits per heavy atom. The van der Waals surface area contributed by atoms with Crippen LogP contribution in [-0.2, 0) is 12.7 Å². The predicted octanol–water partition coefficient (Wildman–Crippen LogP) is 5.38. The van der Waals surface area contributed by atoms with Crippen LogP contribution in [0.2, 0.25) is 0 Å². The molecule has 23 heavy (non-hydrogen) atoms. The van der Waals surface area contributed by atoms with Gasteiger partial charge in [0.05, 0.1) is 0 Å². The number of alkyl halides is 3. The van der Waals surface area contributed by atoms with Gasteiger partial charge in [-0.1, -0.05) is 58.4 Å². The molecule has 0 atom stereocenters. The van der Waals surface area contributed by atoms with Crippen LogP contribution in [0.25, 0.3) is 11.4 Å². The molecule has 0 amide bonds. The zero-order valence-corrected chi connectivity index (χ0v) is 13.5. The first-order chi connectivity index (χ1) is 10.9. The molecule has 0 aliphatic rings. The summed E-state index contributed by atoms with van der Waals surface area (Å²) in [6, 6.07) is 16.4. The average molecular weight is 381 g/mol. The third-order valence-electron chi connectivity index (χ3n) is 3.37. The summed E-state index contributed by atoms with van der Waals surface area (Å²) < 4.78 is 41.4.